The van der Waals surface area contributed by atoms with E-state index >= 15 is 0 Å². The van der Waals surface area contributed by atoms with Crippen LogP contribution in [0.5, 0.6) is 0 Å². The van der Waals surface area contributed by atoms with E-state index in [1.807, 2.05) is 21.1 Å². The van der Waals surface area contributed by atoms with E-state index in [1.54, 1.807) is 0 Å². The highest BCUT2D eigenvalue weighted by Gasteiger charge is 2.28. The largest absolute Gasteiger partial charge is 0.472 e. The van der Waals surface area contributed by atoms with Crippen LogP contribution in [0.4, 0.5) is 0 Å². The zero-order valence-corrected chi connectivity index (χ0v) is 27.0. The minimum absolute atomic E-state index is 0.0857. The van der Waals surface area contributed by atoms with E-state index in [0.717, 1.165) is 26.1 Å². The third-order valence-corrected chi connectivity index (χ3v) is 8.45. The van der Waals surface area contributed by atoms with Crippen LogP contribution in [0.15, 0.2) is 0 Å². The fraction of sp³-hybridized carbons (Fsp3) is 1.00. The average Bonchev–Trinajstić information content (AvgIpc) is 2.89. The van der Waals surface area contributed by atoms with Crippen molar-refractivity contribution >= 4 is 7.82 Å². The lowest BCUT2D eigenvalue weighted by molar-refractivity contribution is -0.870. The molecule has 1 N–H and O–H groups in total. The quantitative estimate of drug-likeness (QED) is 0.0651. The van der Waals surface area contributed by atoms with Crippen LogP contribution in [-0.2, 0) is 23.1 Å². The summed E-state index contributed by atoms with van der Waals surface area (Å²) in [5, 5.41) is 0. The molecule has 1 fully saturated rings. The maximum atomic E-state index is 12.3. The van der Waals surface area contributed by atoms with Gasteiger partial charge in [0.2, 0.25) is 0 Å². The van der Waals surface area contributed by atoms with Crippen molar-refractivity contribution in [2.45, 2.75) is 116 Å². The Labute approximate surface area is 241 Å². The molecule has 234 valence electrons. The Bertz CT molecular complexity index is 598. The highest BCUT2D eigenvalue weighted by Crippen LogP contribution is 2.43. The predicted molar refractivity (Wildman–Crippen MR) is 161 cm³/mol. The number of hydrogen-bond donors (Lipinski definition) is 1. The van der Waals surface area contributed by atoms with Crippen molar-refractivity contribution in [3.05, 3.63) is 0 Å². The van der Waals surface area contributed by atoms with Gasteiger partial charge in [-0.1, -0.05) is 103 Å². The van der Waals surface area contributed by atoms with Gasteiger partial charge in [-0.15, -0.1) is 0 Å². The molecule has 1 saturated heterocycles. The SMILES string of the molecule is CCCCCCCCCCCCCCCCCCOCC(COP(=O)(O)OCC[N+](C)(C)C)N1CCOCC1. The first-order valence-corrected chi connectivity index (χ1v) is 17.5. The Morgan fingerprint density at radius 2 is 1.23 bits per heavy atom. The maximum Gasteiger partial charge on any atom is 0.472 e. The molecule has 1 aliphatic heterocycles. The zero-order valence-electron chi connectivity index (χ0n) is 26.1. The van der Waals surface area contributed by atoms with Crippen LogP contribution in [0, 0.1) is 0 Å². The predicted octanol–water partition coefficient (Wildman–Crippen LogP) is 6.81. The monoisotopic (exact) mass is 579 g/mol. The summed E-state index contributed by atoms with van der Waals surface area (Å²) in [4.78, 5) is 12.3. The summed E-state index contributed by atoms with van der Waals surface area (Å²) in [7, 11) is 1.95. The second-order valence-corrected chi connectivity index (χ2v) is 13.7. The molecule has 0 spiro atoms. The minimum atomic E-state index is -4.09. The Balaban J connectivity index is 2.07. The lowest BCUT2D eigenvalue weighted by atomic mass is 10.0. The summed E-state index contributed by atoms with van der Waals surface area (Å²) in [6.07, 6.45) is 21.7. The number of morpholine rings is 1. The first kappa shape index (κ1) is 37.0. The number of phosphoric ester groups is 1. The molecule has 9 heteroatoms. The van der Waals surface area contributed by atoms with Crippen LogP contribution >= 0.6 is 7.82 Å². The van der Waals surface area contributed by atoms with Crippen LogP contribution in [0.25, 0.3) is 0 Å². The molecule has 1 heterocycles. The van der Waals surface area contributed by atoms with Gasteiger partial charge >= 0.3 is 7.82 Å². The second-order valence-electron chi connectivity index (χ2n) is 12.3. The van der Waals surface area contributed by atoms with Crippen LogP contribution < -0.4 is 0 Å². The standard InChI is InChI=1S/C30H63N2O6P/c1-5-6-7-8-9-10-11-12-13-14-15-16-17-18-19-20-24-36-28-30(31-21-25-35-26-22-31)29-38-39(33,34)37-27-23-32(2,3)4/h30H,5-29H2,1-4H3/p+1. The molecule has 1 aliphatic rings. The Morgan fingerprint density at radius 1 is 0.744 bits per heavy atom. The van der Waals surface area contributed by atoms with E-state index in [2.05, 4.69) is 11.8 Å². The van der Waals surface area contributed by atoms with E-state index in [4.69, 9.17) is 18.5 Å². The van der Waals surface area contributed by atoms with E-state index in [9.17, 15) is 9.46 Å². The number of nitrogens with zero attached hydrogens (tertiary/aromatic N) is 2. The number of quaternary nitrogens is 1. The van der Waals surface area contributed by atoms with E-state index in [0.29, 0.717) is 30.8 Å². The van der Waals surface area contributed by atoms with Crippen molar-refractivity contribution in [3.8, 4) is 0 Å². The van der Waals surface area contributed by atoms with Crippen molar-refractivity contribution in [1.29, 1.82) is 0 Å². The zero-order chi connectivity index (χ0) is 28.7. The van der Waals surface area contributed by atoms with Gasteiger partial charge in [0, 0.05) is 19.7 Å². The fourth-order valence-electron chi connectivity index (χ4n) is 4.82. The van der Waals surface area contributed by atoms with Gasteiger partial charge in [0.15, 0.2) is 0 Å². The Kier molecular flexibility index (Phi) is 22.3. The first-order valence-electron chi connectivity index (χ1n) is 16.1. The molecule has 0 radical (unpaired) electrons. The number of phosphoric acid groups is 1. The molecular formula is C30H64N2O6P+. The van der Waals surface area contributed by atoms with Gasteiger partial charge in [0.1, 0.15) is 13.2 Å². The maximum absolute atomic E-state index is 12.3. The second kappa shape index (κ2) is 23.5. The fourth-order valence-corrected chi connectivity index (χ4v) is 5.57. The first-order chi connectivity index (χ1) is 18.7. The van der Waals surface area contributed by atoms with E-state index in [-0.39, 0.29) is 19.3 Å². The summed E-state index contributed by atoms with van der Waals surface area (Å²) in [5.74, 6) is 0. The summed E-state index contributed by atoms with van der Waals surface area (Å²) in [6, 6.07) is -0.0857. The van der Waals surface area contributed by atoms with Crippen LogP contribution in [-0.4, -0.2) is 101 Å². The topological polar surface area (TPSA) is 77.5 Å². The number of rotatable bonds is 27. The molecule has 0 saturated carbocycles. The van der Waals surface area contributed by atoms with Crippen molar-refractivity contribution in [2.24, 2.45) is 0 Å². The summed E-state index contributed by atoms with van der Waals surface area (Å²) < 4.78 is 35.0. The molecule has 39 heavy (non-hydrogen) atoms. The number of hydrogen-bond acceptors (Lipinski definition) is 6. The van der Waals surface area contributed by atoms with Gasteiger partial charge in [0.05, 0.1) is 53.6 Å². The molecule has 0 aromatic rings. The highest BCUT2D eigenvalue weighted by atomic mass is 31.2. The van der Waals surface area contributed by atoms with Gasteiger partial charge < -0.3 is 18.9 Å². The lowest BCUT2D eigenvalue weighted by Gasteiger charge is -2.34. The summed E-state index contributed by atoms with van der Waals surface area (Å²) in [5.41, 5.74) is 0. The van der Waals surface area contributed by atoms with Crippen molar-refractivity contribution in [2.75, 3.05) is 80.4 Å². The molecule has 2 atom stereocenters. The molecule has 1 rings (SSSR count). The number of ether oxygens (including phenoxy) is 2. The molecule has 2 unspecified atom stereocenters. The summed E-state index contributed by atoms with van der Waals surface area (Å²) in [6.45, 7) is 7.26. The molecule has 0 aromatic heterocycles. The van der Waals surface area contributed by atoms with E-state index < -0.39 is 7.82 Å². The molecule has 0 aliphatic carbocycles. The van der Waals surface area contributed by atoms with Crippen molar-refractivity contribution in [1.82, 2.24) is 4.90 Å². The van der Waals surface area contributed by atoms with Gasteiger partial charge in [-0.3, -0.25) is 13.9 Å². The smallest absolute Gasteiger partial charge is 0.380 e. The Morgan fingerprint density at radius 3 is 1.72 bits per heavy atom. The highest BCUT2D eigenvalue weighted by molar-refractivity contribution is 7.47. The molecule has 8 nitrogen and oxygen atoms in total. The Hall–Kier alpha value is -0.0500. The van der Waals surface area contributed by atoms with Gasteiger partial charge in [0.25, 0.3) is 0 Å². The third kappa shape index (κ3) is 23.2. The molecule has 0 amide bonds. The average molecular weight is 580 g/mol. The van der Waals surface area contributed by atoms with Crippen LogP contribution in [0.1, 0.15) is 110 Å². The van der Waals surface area contributed by atoms with Crippen LogP contribution in [0.3, 0.4) is 0 Å². The molecule has 0 aromatic carbocycles. The molecular weight excluding hydrogens is 515 g/mol. The molecule has 0 bridgehead atoms. The van der Waals surface area contributed by atoms with Gasteiger partial charge in [-0.25, -0.2) is 4.57 Å². The van der Waals surface area contributed by atoms with E-state index in [1.165, 1.54) is 96.3 Å². The van der Waals surface area contributed by atoms with Crippen molar-refractivity contribution < 1.29 is 32.5 Å². The van der Waals surface area contributed by atoms with Gasteiger partial charge in [-0.2, -0.15) is 0 Å². The minimum Gasteiger partial charge on any atom is -0.380 e. The third-order valence-electron chi connectivity index (χ3n) is 7.46. The van der Waals surface area contributed by atoms with Gasteiger partial charge in [-0.05, 0) is 6.42 Å². The van der Waals surface area contributed by atoms with Crippen molar-refractivity contribution in [3.63, 3.8) is 0 Å². The summed E-state index contributed by atoms with van der Waals surface area (Å²) >= 11 is 0. The normalized spacial score (nSPS) is 17.4. The lowest BCUT2D eigenvalue weighted by Crippen LogP contribution is -2.47. The van der Waals surface area contributed by atoms with Crippen LogP contribution in [0.2, 0.25) is 0 Å². The number of unbranched alkanes of at least 4 members (excludes halogenated alkanes) is 15. The number of likely N-dealkylation sites (N-methyl/N-ethyl adjacent to an activating group) is 1.